The number of halogens is 2. The number of aryl methyl sites for hydroxylation is 1. The van der Waals surface area contributed by atoms with Crippen LogP contribution < -0.4 is 4.74 Å². The molecule has 0 fully saturated rings. The minimum atomic E-state index is -0.260. The van der Waals surface area contributed by atoms with Gasteiger partial charge in [0.15, 0.2) is 0 Å². The lowest BCUT2D eigenvalue weighted by Gasteiger charge is -2.09. The van der Waals surface area contributed by atoms with Gasteiger partial charge in [0.2, 0.25) is 0 Å². The predicted molar refractivity (Wildman–Crippen MR) is 108 cm³/mol. The zero-order valence-corrected chi connectivity index (χ0v) is 16.0. The lowest BCUT2D eigenvalue weighted by molar-refractivity contribution is 0.303. The molecule has 0 saturated carbocycles. The van der Waals surface area contributed by atoms with E-state index in [-0.39, 0.29) is 5.82 Å². The number of aliphatic imine (C=N–C) groups is 1. The van der Waals surface area contributed by atoms with Gasteiger partial charge in [-0.3, -0.25) is 4.99 Å². The quantitative estimate of drug-likeness (QED) is 0.425. The molecule has 0 unspecified atom stereocenters. The highest BCUT2D eigenvalue weighted by molar-refractivity contribution is 9.10. The molecule has 3 aromatic carbocycles. The summed E-state index contributed by atoms with van der Waals surface area (Å²) in [5.74, 6) is 0.447. The van der Waals surface area contributed by atoms with E-state index in [9.17, 15) is 4.39 Å². The summed E-state index contributed by atoms with van der Waals surface area (Å²) in [6, 6.07) is 20.4. The van der Waals surface area contributed by atoms with Crippen LogP contribution in [-0.4, -0.2) is 6.21 Å². The largest absolute Gasteiger partial charge is 0.488 e. The van der Waals surface area contributed by atoms with Crippen molar-refractivity contribution in [2.45, 2.75) is 20.0 Å². The summed E-state index contributed by atoms with van der Waals surface area (Å²) in [6.45, 7) is 2.45. The topological polar surface area (TPSA) is 21.6 Å². The Labute approximate surface area is 161 Å². The van der Waals surface area contributed by atoms with Crippen LogP contribution in [0.1, 0.15) is 23.6 Å². The zero-order valence-electron chi connectivity index (χ0n) is 14.5. The van der Waals surface area contributed by atoms with Gasteiger partial charge in [0, 0.05) is 6.21 Å². The molecule has 0 bridgehead atoms. The Hall–Kier alpha value is -2.46. The van der Waals surface area contributed by atoms with Crippen LogP contribution in [0.15, 0.2) is 76.2 Å². The van der Waals surface area contributed by atoms with Crippen LogP contribution in [0.3, 0.4) is 0 Å². The van der Waals surface area contributed by atoms with E-state index in [1.54, 1.807) is 6.07 Å². The zero-order chi connectivity index (χ0) is 18.4. The number of nitrogens with zero attached hydrogens (tertiary/aromatic N) is 1. The van der Waals surface area contributed by atoms with Gasteiger partial charge in [0.25, 0.3) is 0 Å². The van der Waals surface area contributed by atoms with Gasteiger partial charge in [-0.25, -0.2) is 4.39 Å². The summed E-state index contributed by atoms with van der Waals surface area (Å²) in [5.41, 5.74) is 3.98. The molecule has 0 atom stereocenters. The number of ether oxygens (including phenoxy) is 1. The van der Waals surface area contributed by atoms with Gasteiger partial charge >= 0.3 is 0 Å². The first-order chi connectivity index (χ1) is 12.6. The van der Waals surface area contributed by atoms with Crippen molar-refractivity contribution >= 4 is 27.8 Å². The molecule has 132 valence electrons. The van der Waals surface area contributed by atoms with E-state index in [1.807, 2.05) is 42.6 Å². The lowest BCUT2D eigenvalue weighted by Crippen LogP contribution is -1.97. The van der Waals surface area contributed by atoms with Gasteiger partial charge in [-0.2, -0.15) is 0 Å². The van der Waals surface area contributed by atoms with Crippen molar-refractivity contribution in [2.24, 2.45) is 4.99 Å². The van der Waals surface area contributed by atoms with Crippen molar-refractivity contribution in [3.05, 3.63) is 93.7 Å². The van der Waals surface area contributed by atoms with Gasteiger partial charge in [-0.15, -0.1) is 0 Å². The summed E-state index contributed by atoms with van der Waals surface area (Å²) in [4.78, 5) is 4.50. The fraction of sp³-hybridized carbons (Fsp3) is 0.136. The first-order valence-corrected chi connectivity index (χ1v) is 9.23. The Balaban J connectivity index is 1.65. The molecular formula is C22H19BrFNO. The summed E-state index contributed by atoms with van der Waals surface area (Å²) < 4.78 is 19.8. The first kappa shape index (κ1) is 18.3. The minimum Gasteiger partial charge on any atom is -0.488 e. The maximum Gasteiger partial charge on any atom is 0.134 e. The molecule has 3 aromatic rings. The van der Waals surface area contributed by atoms with E-state index >= 15 is 0 Å². The summed E-state index contributed by atoms with van der Waals surface area (Å²) in [6.07, 6.45) is 2.84. The van der Waals surface area contributed by atoms with E-state index in [1.165, 1.54) is 17.7 Å². The SMILES string of the molecule is CCc1ccc(N=Cc2ccc(OCc3cccc(F)c3)c(Br)c2)cc1. The third-order valence-electron chi connectivity index (χ3n) is 3.95. The van der Waals surface area contributed by atoms with Gasteiger partial charge in [-0.1, -0.05) is 31.2 Å². The van der Waals surface area contributed by atoms with E-state index in [0.29, 0.717) is 12.4 Å². The third kappa shape index (κ3) is 5.02. The third-order valence-corrected chi connectivity index (χ3v) is 4.57. The van der Waals surface area contributed by atoms with Crippen LogP contribution in [0.25, 0.3) is 0 Å². The second-order valence-corrected chi connectivity index (χ2v) is 6.74. The molecule has 0 heterocycles. The van der Waals surface area contributed by atoms with Crippen molar-refractivity contribution < 1.29 is 9.13 Å². The second-order valence-electron chi connectivity index (χ2n) is 5.89. The fourth-order valence-electron chi connectivity index (χ4n) is 2.47. The van der Waals surface area contributed by atoms with Crippen LogP contribution in [0.4, 0.5) is 10.1 Å². The first-order valence-electron chi connectivity index (χ1n) is 8.44. The molecule has 0 saturated heterocycles. The molecule has 2 nitrogen and oxygen atoms in total. The Morgan fingerprint density at radius 3 is 2.50 bits per heavy atom. The Kier molecular flexibility index (Phi) is 6.18. The standard InChI is InChI=1S/C22H19BrFNO/c1-2-16-6-9-20(10-7-16)25-14-17-8-11-22(21(23)13-17)26-15-18-4-3-5-19(24)12-18/h3-14H,2,15H2,1H3. The van der Waals surface area contributed by atoms with Crippen molar-refractivity contribution in [2.75, 3.05) is 0 Å². The number of benzene rings is 3. The number of hydrogen-bond donors (Lipinski definition) is 0. The summed E-state index contributed by atoms with van der Waals surface area (Å²) in [7, 11) is 0. The number of rotatable bonds is 6. The molecule has 0 aliphatic heterocycles. The molecule has 0 aliphatic rings. The van der Waals surface area contributed by atoms with E-state index in [4.69, 9.17) is 4.74 Å². The molecule has 3 rings (SSSR count). The number of hydrogen-bond acceptors (Lipinski definition) is 2. The smallest absolute Gasteiger partial charge is 0.134 e. The highest BCUT2D eigenvalue weighted by Crippen LogP contribution is 2.26. The van der Waals surface area contributed by atoms with Crippen molar-refractivity contribution in [3.8, 4) is 5.75 Å². The van der Waals surface area contributed by atoms with Gasteiger partial charge in [-0.05, 0) is 81.5 Å². The maximum absolute atomic E-state index is 13.2. The van der Waals surface area contributed by atoms with Crippen LogP contribution in [0, 0.1) is 5.82 Å². The average Bonchev–Trinajstić information content (AvgIpc) is 2.66. The van der Waals surface area contributed by atoms with Crippen molar-refractivity contribution in [1.29, 1.82) is 0 Å². The lowest BCUT2D eigenvalue weighted by atomic mass is 10.1. The minimum absolute atomic E-state index is 0.260. The molecule has 4 heteroatoms. The Morgan fingerprint density at radius 2 is 1.81 bits per heavy atom. The van der Waals surface area contributed by atoms with Crippen molar-refractivity contribution in [1.82, 2.24) is 0 Å². The normalized spacial score (nSPS) is 11.0. The molecule has 0 spiro atoms. The Bertz CT molecular complexity index is 906. The summed E-state index contributed by atoms with van der Waals surface area (Å²) >= 11 is 3.52. The van der Waals surface area contributed by atoms with Gasteiger partial charge in [0.1, 0.15) is 18.2 Å². The van der Waals surface area contributed by atoms with Crippen LogP contribution >= 0.6 is 15.9 Å². The van der Waals surface area contributed by atoms with Crippen LogP contribution in [0.5, 0.6) is 5.75 Å². The molecule has 0 amide bonds. The average molecular weight is 412 g/mol. The van der Waals surface area contributed by atoms with Crippen LogP contribution in [0.2, 0.25) is 0 Å². The monoisotopic (exact) mass is 411 g/mol. The highest BCUT2D eigenvalue weighted by Gasteiger charge is 2.03. The molecule has 0 N–H and O–H groups in total. The molecule has 0 aliphatic carbocycles. The molecular weight excluding hydrogens is 393 g/mol. The Morgan fingerprint density at radius 1 is 1.00 bits per heavy atom. The summed E-state index contributed by atoms with van der Waals surface area (Å²) in [5, 5.41) is 0. The fourth-order valence-corrected chi connectivity index (χ4v) is 2.98. The van der Waals surface area contributed by atoms with Crippen molar-refractivity contribution in [3.63, 3.8) is 0 Å². The van der Waals surface area contributed by atoms with E-state index in [0.717, 1.165) is 27.7 Å². The van der Waals surface area contributed by atoms with Crippen LogP contribution in [-0.2, 0) is 13.0 Å². The van der Waals surface area contributed by atoms with E-state index in [2.05, 4.69) is 40.0 Å². The maximum atomic E-state index is 13.2. The predicted octanol–water partition coefficient (Wildman–Crippen LogP) is 6.48. The van der Waals surface area contributed by atoms with Gasteiger partial charge in [0.05, 0.1) is 10.2 Å². The molecule has 0 radical (unpaired) electrons. The second kappa shape index (κ2) is 8.77. The highest BCUT2D eigenvalue weighted by atomic mass is 79.9. The van der Waals surface area contributed by atoms with E-state index < -0.39 is 0 Å². The molecule has 26 heavy (non-hydrogen) atoms. The molecule has 0 aromatic heterocycles. The van der Waals surface area contributed by atoms with Gasteiger partial charge < -0.3 is 4.74 Å².